The third kappa shape index (κ3) is 4.88. The predicted molar refractivity (Wildman–Crippen MR) is 105 cm³/mol. The Balaban J connectivity index is 1.60. The number of carbonyl (C=O) groups excluding carboxylic acids is 1. The summed E-state index contributed by atoms with van der Waals surface area (Å²) < 4.78 is 10.8. The average Bonchev–Trinajstić information content (AvgIpc) is 2.64. The zero-order valence-electron chi connectivity index (χ0n) is 15.7. The van der Waals surface area contributed by atoms with Crippen molar-refractivity contribution in [2.24, 2.45) is 0 Å². The molecule has 0 atom stereocenters. The van der Waals surface area contributed by atoms with Crippen LogP contribution >= 0.6 is 0 Å². The van der Waals surface area contributed by atoms with E-state index in [0.29, 0.717) is 13.2 Å². The largest absolute Gasteiger partial charge is 0.494 e. The summed E-state index contributed by atoms with van der Waals surface area (Å²) in [5.41, 5.74) is 1.31. The van der Waals surface area contributed by atoms with E-state index in [4.69, 9.17) is 9.47 Å². The van der Waals surface area contributed by atoms with E-state index in [1.165, 1.54) is 23.4 Å². The lowest BCUT2D eigenvalue weighted by Gasteiger charge is -2.34. The minimum Gasteiger partial charge on any atom is -0.494 e. The Hall–Kier alpha value is -2.27. The van der Waals surface area contributed by atoms with E-state index >= 15 is 0 Å². The fourth-order valence-corrected chi connectivity index (χ4v) is 3.27. The Kier molecular flexibility index (Phi) is 6.34. The highest BCUT2D eigenvalue weighted by molar-refractivity contribution is 5.95. The maximum atomic E-state index is 10.7. The quantitative estimate of drug-likeness (QED) is 0.562. The van der Waals surface area contributed by atoms with Gasteiger partial charge in [-0.3, -0.25) is 4.79 Å². The summed E-state index contributed by atoms with van der Waals surface area (Å²) in [6.45, 7) is 6.86. The van der Waals surface area contributed by atoms with Gasteiger partial charge in [-0.1, -0.05) is 12.1 Å². The zero-order chi connectivity index (χ0) is 18.4. The molecule has 5 heteroatoms. The van der Waals surface area contributed by atoms with Gasteiger partial charge in [0.25, 0.3) is 0 Å². The summed E-state index contributed by atoms with van der Waals surface area (Å²) in [6, 6.07) is 12.8. The lowest BCUT2D eigenvalue weighted by Crippen LogP contribution is -2.44. The van der Waals surface area contributed by atoms with E-state index < -0.39 is 0 Å². The molecule has 1 heterocycles. The fourth-order valence-electron chi connectivity index (χ4n) is 3.27. The molecule has 3 rings (SSSR count). The molecule has 1 fully saturated rings. The van der Waals surface area contributed by atoms with Crippen molar-refractivity contribution in [1.29, 1.82) is 0 Å². The van der Waals surface area contributed by atoms with Crippen molar-refractivity contribution in [3.05, 3.63) is 36.4 Å². The van der Waals surface area contributed by atoms with Crippen LogP contribution in [0.1, 0.15) is 19.8 Å². The maximum absolute atomic E-state index is 10.7. The number of piperazine rings is 1. The molecule has 0 aromatic heterocycles. The number of likely N-dealkylation sites (N-methyl/N-ethyl adjacent to an activating group) is 1. The van der Waals surface area contributed by atoms with E-state index in [9.17, 15) is 4.79 Å². The summed E-state index contributed by atoms with van der Waals surface area (Å²) in [5.74, 6) is 0.664. The van der Waals surface area contributed by atoms with Crippen molar-refractivity contribution >= 4 is 22.4 Å². The predicted octanol–water partition coefficient (Wildman–Crippen LogP) is 3.31. The van der Waals surface area contributed by atoms with Crippen molar-refractivity contribution < 1.29 is 14.3 Å². The Labute approximate surface area is 155 Å². The summed E-state index contributed by atoms with van der Waals surface area (Å²) >= 11 is 0. The highest BCUT2D eigenvalue weighted by atomic mass is 16.5. The topological polar surface area (TPSA) is 42.0 Å². The van der Waals surface area contributed by atoms with Crippen LogP contribution in [0.4, 0.5) is 5.69 Å². The molecule has 0 amide bonds. The van der Waals surface area contributed by atoms with Crippen LogP contribution in [-0.2, 0) is 9.53 Å². The molecule has 0 aliphatic carbocycles. The molecule has 1 aliphatic heterocycles. The van der Waals surface area contributed by atoms with E-state index in [1.54, 1.807) is 0 Å². The first-order valence-electron chi connectivity index (χ1n) is 9.36. The minimum atomic E-state index is -0.225. The van der Waals surface area contributed by atoms with Gasteiger partial charge >= 0.3 is 5.97 Å². The van der Waals surface area contributed by atoms with Crippen LogP contribution in [-0.4, -0.2) is 57.3 Å². The second-order valence-electron chi connectivity index (χ2n) is 6.85. The Morgan fingerprint density at radius 2 is 1.81 bits per heavy atom. The van der Waals surface area contributed by atoms with Crippen LogP contribution in [0.5, 0.6) is 5.75 Å². The molecule has 0 bridgehead atoms. The van der Waals surface area contributed by atoms with Crippen molar-refractivity contribution in [3.63, 3.8) is 0 Å². The number of rotatable bonds is 7. The van der Waals surface area contributed by atoms with Gasteiger partial charge < -0.3 is 19.3 Å². The lowest BCUT2D eigenvalue weighted by molar-refractivity contribution is -0.141. The molecular weight excluding hydrogens is 328 g/mol. The highest BCUT2D eigenvalue weighted by Gasteiger charge is 2.16. The van der Waals surface area contributed by atoms with Gasteiger partial charge in [0.05, 0.1) is 13.2 Å². The van der Waals surface area contributed by atoms with Gasteiger partial charge in [-0.15, -0.1) is 0 Å². The van der Waals surface area contributed by atoms with Gasteiger partial charge in [0, 0.05) is 44.2 Å². The summed E-state index contributed by atoms with van der Waals surface area (Å²) in [5, 5.41) is 2.48. The Morgan fingerprint density at radius 3 is 2.58 bits per heavy atom. The van der Waals surface area contributed by atoms with E-state index in [2.05, 4.69) is 47.2 Å². The van der Waals surface area contributed by atoms with Crippen LogP contribution in [0.3, 0.4) is 0 Å². The van der Waals surface area contributed by atoms with Gasteiger partial charge in [0.2, 0.25) is 0 Å². The lowest BCUT2D eigenvalue weighted by atomic mass is 10.1. The number of fused-ring (bicyclic) bond motifs is 1. The highest BCUT2D eigenvalue weighted by Crippen LogP contribution is 2.30. The van der Waals surface area contributed by atoms with Crippen molar-refractivity contribution in [3.8, 4) is 5.75 Å². The molecule has 0 N–H and O–H groups in total. The number of anilines is 1. The normalized spacial score (nSPS) is 15.2. The fraction of sp³-hybridized carbons (Fsp3) is 0.476. The van der Waals surface area contributed by atoms with Crippen LogP contribution in [0.15, 0.2) is 36.4 Å². The third-order valence-electron chi connectivity index (χ3n) is 4.79. The first-order chi connectivity index (χ1) is 12.6. The molecule has 5 nitrogen and oxygen atoms in total. The molecule has 0 unspecified atom stereocenters. The summed E-state index contributed by atoms with van der Waals surface area (Å²) in [7, 11) is 2.18. The van der Waals surface area contributed by atoms with Gasteiger partial charge in [-0.2, -0.15) is 0 Å². The monoisotopic (exact) mass is 356 g/mol. The molecule has 0 radical (unpaired) electrons. The smallest absolute Gasteiger partial charge is 0.302 e. The number of nitrogens with zero attached hydrogens (tertiary/aromatic N) is 2. The molecule has 26 heavy (non-hydrogen) atoms. The van der Waals surface area contributed by atoms with Crippen molar-refractivity contribution in [1.82, 2.24) is 4.90 Å². The average molecular weight is 356 g/mol. The summed E-state index contributed by atoms with van der Waals surface area (Å²) in [6.07, 6.45) is 1.69. The number of esters is 1. The molecule has 0 spiro atoms. The van der Waals surface area contributed by atoms with Gasteiger partial charge in [-0.25, -0.2) is 0 Å². The van der Waals surface area contributed by atoms with Crippen LogP contribution in [0, 0.1) is 0 Å². The summed E-state index contributed by atoms with van der Waals surface area (Å²) in [4.78, 5) is 15.6. The van der Waals surface area contributed by atoms with Crippen LogP contribution in [0.2, 0.25) is 0 Å². The zero-order valence-corrected chi connectivity index (χ0v) is 15.7. The first-order valence-corrected chi connectivity index (χ1v) is 9.36. The second-order valence-corrected chi connectivity index (χ2v) is 6.85. The minimum absolute atomic E-state index is 0.225. The van der Waals surface area contributed by atoms with E-state index in [1.807, 2.05) is 6.07 Å². The molecular formula is C21H28N2O3. The number of unbranched alkanes of at least 4 members (excludes halogenated alkanes) is 1. The standard InChI is InChI=1S/C21H28N2O3/c1-17(24)25-14-3-4-15-26-19-8-9-20-18(16-19)6-5-7-21(20)23-12-10-22(2)11-13-23/h5-9,16H,3-4,10-15H2,1-2H3. The van der Waals surface area contributed by atoms with Crippen LogP contribution in [0.25, 0.3) is 10.8 Å². The molecule has 2 aromatic carbocycles. The number of ether oxygens (including phenoxy) is 2. The maximum Gasteiger partial charge on any atom is 0.302 e. The van der Waals surface area contributed by atoms with Gasteiger partial charge in [-0.05, 0) is 49.5 Å². The molecule has 140 valence electrons. The molecule has 1 saturated heterocycles. The molecule has 1 aliphatic rings. The van der Waals surface area contributed by atoms with Gasteiger partial charge in [0.1, 0.15) is 5.75 Å². The second kappa shape index (κ2) is 8.90. The molecule has 2 aromatic rings. The van der Waals surface area contributed by atoms with Crippen LogP contribution < -0.4 is 9.64 Å². The Morgan fingerprint density at radius 1 is 1.04 bits per heavy atom. The molecule has 0 saturated carbocycles. The van der Waals surface area contributed by atoms with Gasteiger partial charge in [0.15, 0.2) is 0 Å². The number of hydrogen-bond acceptors (Lipinski definition) is 5. The van der Waals surface area contributed by atoms with E-state index in [0.717, 1.165) is 44.8 Å². The van der Waals surface area contributed by atoms with E-state index in [-0.39, 0.29) is 5.97 Å². The SMILES string of the molecule is CC(=O)OCCCCOc1ccc2c(N3CCN(C)CC3)cccc2c1. The van der Waals surface area contributed by atoms with Crippen molar-refractivity contribution in [2.75, 3.05) is 51.3 Å². The Bertz CT molecular complexity index is 739. The number of hydrogen-bond donors (Lipinski definition) is 0. The third-order valence-corrected chi connectivity index (χ3v) is 4.79. The number of carbonyl (C=O) groups is 1. The number of benzene rings is 2. The van der Waals surface area contributed by atoms with Crippen molar-refractivity contribution in [2.45, 2.75) is 19.8 Å². The first kappa shape index (κ1) is 18.5.